The molecule has 0 unspecified atom stereocenters. The first-order chi connectivity index (χ1) is 40.1. The average molecular weight is 1250 g/mol. The van der Waals surface area contributed by atoms with Crippen molar-refractivity contribution in [1.82, 2.24) is 89.7 Å². The van der Waals surface area contributed by atoms with Crippen LogP contribution in [0.15, 0.2) is 25.0 Å². The fourth-order valence-electron chi connectivity index (χ4n) is 6.34. The van der Waals surface area contributed by atoms with Gasteiger partial charge >= 0.3 is 0 Å². The monoisotopic (exact) mass is 1250 g/mol. The molecule has 0 amide bonds. The van der Waals surface area contributed by atoms with Crippen LogP contribution in [0.1, 0.15) is 0 Å². The fourth-order valence-corrected chi connectivity index (χ4v) is 6.99. The maximum atomic E-state index is 5.86. The average Bonchev–Trinajstić information content (AvgIpc) is 3.54. The molecule has 0 aromatic carbocycles. The van der Waals surface area contributed by atoms with E-state index >= 15 is 0 Å². The van der Waals surface area contributed by atoms with Gasteiger partial charge in [-0.1, -0.05) is 0 Å². The summed E-state index contributed by atoms with van der Waals surface area (Å²) in [5.74, 6) is 7.51. The molecular weight excluding hydrogens is 1180 g/mol. The smallest absolute Gasteiger partial charge is 0.229 e. The number of H-pyrrole nitrogens is 5. The highest BCUT2D eigenvalue weighted by atomic mass is 32.1. The van der Waals surface area contributed by atoms with Gasteiger partial charge in [0.2, 0.25) is 105 Å². The second kappa shape index (κ2) is 36.8. The van der Waals surface area contributed by atoms with Gasteiger partial charge in [0, 0.05) is 107 Å². The van der Waals surface area contributed by atoms with Gasteiger partial charge in [-0.05, 0) is 0 Å². The van der Waals surface area contributed by atoms with Crippen LogP contribution in [0, 0.1) is 0 Å². The van der Waals surface area contributed by atoms with Crippen molar-refractivity contribution in [3.63, 3.8) is 0 Å². The maximum Gasteiger partial charge on any atom is 0.229 e. The summed E-state index contributed by atoms with van der Waals surface area (Å²) in [5.41, 5.74) is 13.8. The number of nitrogen functional groups attached to an aromatic ring is 2. The highest BCUT2D eigenvalue weighted by Crippen LogP contribution is 2.12. The molecule has 6 aromatic rings. The van der Waals surface area contributed by atoms with Crippen LogP contribution in [0.2, 0.25) is 0 Å². The molecule has 0 fully saturated rings. The number of nitrogens with one attached hydrogen (secondary N) is 16. The van der Waals surface area contributed by atoms with E-state index in [4.69, 9.17) is 26.4 Å². The quantitative estimate of drug-likeness (QED) is 0.0134. The summed E-state index contributed by atoms with van der Waals surface area (Å²) in [6, 6.07) is 0. The summed E-state index contributed by atoms with van der Waals surface area (Å²) in [6.07, 6.45) is 0. The van der Waals surface area contributed by atoms with Gasteiger partial charge in [0.15, 0.2) is 0 Å². The minimum absolute atomic E-state index is 0.0891. The summed E-state index contributed by atoms with van der Waals surface area (Å²) in [5, 5.41) is 34.7. The molecule has 82 heavy (non-hydrogen) atoms. The summed E-state index contributed by atoms with van der Waals surface area (Å²) in [4.78, 5) is 95.7. The molecule has 0 atom stereocenters. The fraction of sp³-hybridized carbons (Fsp3) is 0.550. The van der Waals surface area contributed by atoms with Crippen LogP contribution >= 0.6 is 75.8 Å². The minimum atomic E-state index is 0.0891. The maximum absolute atomic E-state index is 5.86. The van der Waals surface area contributed by atoms with E-state index < -0.39 is 0 Å². The van der Waals surface area contributed by atoms with Gasteiger partial charge in [0.05, 0.1) is 32.7 Å². The third kappa shape index (κ3) is 24.3. The van der Waals surface area contributed by atoms with Crippen molar-refractivity contribution < 1.29 is 0 Å². The van der Waals surface area contributed by atoms with Crippen LogP contribution in [0.25, 0.3) is 0 Å². The molecule has 0 aliphatic carbocycles. The molecule has 42 heteroatoms. The molecule has 0 bridgehead atoms. The van der Waals surface area contributed by atoms with Crippen LogP contribution in [0.4, 0.5) is 77.3 Å². The molecular formula is C40H70N36S6. The lowest BCUT2D eigenvalue weighted by atomic mass is 10.6. The summed E-state index contributed by atoms with van der Waals surface area (Å²) < 4.78 is 0. The van der Waals surface area contributed by atoms with Crippen LogP contribution in [-0.2, 0) is 0 Å². The number of anilines is 13. The molecule has 446 valence electrons. The van der Waals surface area contributed by atoms with Crippen molar-refractivity contribution in [1.29, 1.82) is 0 Å². The topological polar surface area (TPSA) is 493 Å². The van der Waals surface area contributed by atoms with Crippen molar-refractivity contribution in [3.05, 3.63) is 28.1 Å². The van der Waals surface area contributed by atoms with Gasteiger partial charge in [-0.3, -0.25) is 49.9 Å². The Morgan fingerprint density at radius 1 is 0.268 bits per heavy atom. The van der Waals surface area contributed by atoms with E-state index in [0.29, 0.717) is 233 Å². The molecule has 0 aliphatic rings. The summed E-state index contributed by atoms with van der Waals surface area (Å²) in [7, 11) is 0. The number of aromatic amines is 5. The largest absolute Gasteiger partial charge is 0.368 e. The van der Waals surface area contributed by atoms with E-state index in [1.807, 2.05) is 0 Å². The highest BCUT2D eigenvalue weighted by molar-refractivity contribution is 7.81. The van der Waals surface area contributed by atoms with Crippen molar-refractivity contribution >= 4 is 153 Å². The molecule has 0 spiro atoms. The third-order valence-corrected chi connectivity index (χ3v) is 11.0. The summed E-state index contributed by atoms with van der Waals surface area (Å²) in [6.45, 7) is 6.91. The normalized spacial score (nSPS) is 12.3. The van der Waals surface area contributed by atoms with Crippen LogP contribution in [0.3, 0.4) is 0 Å². The Hall–Kier alpha value is -7.44. The Bertz CT molecular complexity index is 3220. The number of nitrogens with two attached hydrogens (primary N) is 2. The predicted octanol–water partition coefficient (Wildman–Crippen LogP) is -3.26. The zero-order valence-corrected chi connectivity index (χ0v) is 49.8. The van der Waals surface area contributed by atoms with Crippen molar-refractivity contribution in [2.45, 2.75) is 0 Å². The zero-order valence-electron chi connectivity index (χ0n) is 44.4. The Balaban J connectivity index is 1.04. The highest BCUT2D eigenvalue weighted by Gasteiger charge is 2.10. The molecule has 6 heterocycles. The van der Waals surface area contributed by atoms with Crippen molar-refractivity contribution in [3.8, 4) is 0 Å². The number of aromatic nitrogens is 18. The van der Waals surface area contributed by atoms with E-state index in [1.54, 1.807) is 0 Å². The van der Waals surface area contributed by atoms with Crippen LogP contribution in [-0.4, -0.2) is 229 Å². The van der Waals surface area contributed by atoms with Gasteiger partial charge in [-0.2, -0.15) is 141 Å². The van der Waals surface area contributed by atoms with Gasteiger partial charge < -0.3 is 70.0 Å². The van der Waals surface area contributed by atoms with E-state index in [9.17, 15) is 0 Å². The molecule has 0 radical (unpaired) electrons. The third-order valence-electron chi connectivity index (χ3n) is 9.67. The van der Waals surface area contributed by atoms with Crippen molar-refractivity contribution in [2.24, 2.45) is 25.0 Å². The zero-order chi connectivity index (χ0) is 58.0. The number of thiol groups is 6. The predicted molar refractivity (Wildman–Crippen MR) is 339 cm³/mol. The first kappa shape index (κ1) is 63.7. The van der Waals surface area contributed by atoms with Gasteiger partial charge in [0.1, 0.15) is 0 Å². The number of hydrogen-bond donors (Lipinski definition) is 24. The van der Waals surface area contributed by atoms with Gasteiger partial charge in [-0.15, -0.1) is 0 Å². The van der Waals surface area contributed by atoms with Gasteiger partial charge in [-0.25, -0.2) is 0 Å². The standard InChI is InChI=1S/C40H70N36S6/c41-23-59-25(63-27(61-23)53-11-17-77)43-1-3-45-29-65-31(71-37(69-29)55-13-19-79)47-5-7-49-33-67-35(75-39(73-33)57-15-21-81)51-9-10-52-36-68-34(74-40(76-36)58-16-22-82)50-8-6-48-32-66-30(70-38(72-32)56-14-20-80)46-4-2-44-26-60-24(42)62-28(64-26)54-12-18-78/h77-82H,1-22H2,(H4,41,43,53,59,61,63)(H4,42,44,54,60,62,64)(H3,45,47,55,65,69,71)(H3,46,48,56,66,70,72)(H3,49,51,57,67,73,75)(H3,50,52,58,68,74,76). The molecule has 6 rings (SSSR count). The Kier molecular flexibility index (Phi) is 28.6. The lowest BCUT2D eigenvalue weighted by Crippen LogP contribution is -2.38. The Morgan fingerprint density at radius 3 is 0.866 bits per heavy atom. The van der Waals surface area contributed by atoms with E-state index in [-0.39, 0.29) is 11.9 Å². The molecule has 0 aliphatic heterocycles. The van der Waals surface area contributed by atoms with Crippen molar-refractivity contribution in [2.75, 3.05) is 209 Å². The first-order valence-corrected chi connectivity index (χ1v) is 29.4. The number of hydrogen-bond acceptors (Lipinski definition) is 37. The molecule has 0 saturated heterocycles. The number of rotatable bonds is 38. The van der Waals surface area contributed by atoms with E-state index in [2.05, 4.69) is 234 Å². The minimum Gasteiger partial charge on any atom is -0.368 e. The second-order valence-corrected chi connectivity index (χ2v) is 18.7. The van der Waals surface area contributed by atoms with E-state index in [1.165, 1.54) is 0 Å². The molecule has 20 N–H and O–H groups in total. The molecule has 0 saturated carbocycles. The first-order valence-electron chi connectivity index (χ1n) is 25.6. The second-order valence-electron chi connectivity index (χ2n) is 16.0. The van der Waals surface area contributed by atoms with Crippen LogP contribution in [0.5, 0.6) is 0 Å². The lowest BCUT2D eigenvalue weighted by Gasteiger charge is -2.11. The summed E-state index contributed by atoms with van der Waals surface area (Å²) >= 11 is 25.6. The van der Waals surface area contributed by atoms with E-state index in [0.717, 1.165) is 0 Å². The molecule has 6 aromatic heterocycles. The lowest BCUT2D eigenvalue weighted by molar-refractivity contribution is 0.755. The Morgan fingerprint density at radius 2 is 0.537 bits per heavy atom. The number of nitrogens with zero attached hydrogens (tertiary/aromatic N) is 18. The molecule has 36 nitrogen and oxygen atoms in total. The Labute approximate surface area is 502 Å². The SMILES string of the molecule is Nc1nc(NCCS)nc(NCCNc2nc(NCCS)nc(NCCN=c3[nH]c(NCCN=c4[nH]c(=NCCS)[nH]c(=NCCNc5nc(NCCS)nc(NCCNc6nc(N)nc(NCCS)n6)n5)[nH]4)nc(=NCCS)[nH]3)n2)n1. The van der Waals surface area contributed by atoms with Gasteiger partial charge in [0.25, 0.3) is 0 Å². The van der Waals surface area contributed by atoms with Crippen LogP contribution < -0.4 is 98.0 Å².